The number of amides is 1. The predicted octanol–water partition coefficient (Wildman–Crippen LogP) is 2.45. The molecule has 2 rings (SSSR count). The first-order valence-electron chi connectivity index (χ1n) is 6.49. The highest BCUT2D eigenvalue weighted by Crippen LogP contribution is 2.19. The number of nitro groups is 1. The van der Waals surface area contributed by atoms with Crippen LogP contribution in [0.3, 0.4) is 0 Å². The van der Waals surface area contributed by atoms with Crippen molar-refractivity contribution >= 4 is 17.3 Å². The lowest BCUT2D eigenvalue weighted by Gasteiger charge is -2.04. The second-order valence-electron chi connectivity index (χ2n) is 4.64. The zero-order chi connectivity index (χ0) is 16.1. The first-order valence-corrected chi connectivity index (χ1v) is 6.49. The van der Waals surface area contributed by atoms with Crippen LogP contribution in [0.2, 0.25) is 0 Å². The van der Waals surface area contributed by atoms with Crippen molar-refractivity contribution in [2.75, 3.05) is 0 Å². The van der Waals surface area contributed by atoms with Crippen LogP contribution in [0.1, 0.15) is 28.4 Å². The molecule has 0 aliphatic rings. The Balaban J connectivity index is 2.18. The summed E-state index contributed by atoms with van der Waals surface area (Å²) >= 11 is 0. The van der Waals surface area contributed by atoms with Gasteiger partial charge in [-0.05, 0) is 26.0 Å². The molecule has 0 radical (unpaired) electrons. The van der Waals surface area contributed by atoms with E-state index in [0.29, 0.717) is 22.4 Å². The highest BCUT2D eigenvalue weighted by atomic mass is 16.6. The second kappa shape index (κ2) is 6.57. The number of nitro benzene ring substituents is 1. The van der Waals surface area contributed by atoms with E-state index in [0.717, 1.165) is 0 Å². The monoisotopic (exact) mass is 298 g/mol. The van der Waals surface area contributed by atoms with Crippen LogP contribution < -0.4 is 5.43 Å². The molecule has 0 saturated heterocycles. The summed E-state index contributed by atoms with van der Waals surface area (Å²) in [6.07, 6.45) is 2.99. The number of carbonyl (C=O) groups excluding carboxylic acids is 1. The molecule has 0 aliphatic heterocycles. The number of carbonyl (C=O) groups is 1. The third-order valence-electron chi connectivity index (χ3n) is 3.07. The van der Waals surface area contributed by atoms with Crippen LogP contribution in [0.5, 0.6) is 0 Å². The van der Waals surface area contributed by atoms with E-state index in [4.69, 9.17) is 0 Å². The number of aromatic nitrogens is 1. The van der Waals surface area contributed by atoms with Crippen molar-refractivity contribution in [3.05, 3.63) is 69.5 Å². The molecule has 7 heteroatoms. The minimum Gasteiger partial charge on any atom is -0.267 e. The summed E-state index contributed by atoms with van der Waals surface area (Å²) < 4.78 is 0. The van der Waals surface area contributed by atoms with Gasteiger partial charge in [0.15, 0.2) is 0 Å². The Morgan fingerprint density at radius 2 is 2.09 bits per heavy atom. The van der Waals surface area contributed by atoms with E-state index in [9.17, 15) is 14.9 Å². The maximum absolute atomic E-state index is 11.8. The predicted molar refractivity (Wildman–Crippen MR) is 81.7 cm³/mol. The maximum Gasteiger partial charge on any atom is 0.272 e. The molecule has 0 saturated carbocycles. The number of nitrogens with one attached hydrogen (secondary N) is 1. The number of hydrazone groups is 1. The fourth-order valence-electron chi connectivity index (χ4n) is 1.79. The summed E-state index contributed by atoms with van der Waals surface area (Å²) in [5.74, 6) is -0.394. The molecule has 7 nitrogen and oxygen atoms in total. The van der Waals surface area contributed by atoms with Crippen molar-refractivity contribution in [3.8, 4) is 0 Å². The van der Waals surface area contributed by atoms with Crippen molar-refractivity contribution in [2.24, 2.45) is 5.10 Å². The second-order valence-corrected chi connectivity index (χ2v) is 4.64. The normalized spacial score (nSPS) is 11.1. The lowest BCUT2D eigenvalue weighted by molar-refractivity contribution is -0.385. The number of pyridine rings is 1. The first-order chi connectivity index (χ1) is 10.5. The van der Waals surface area contributed by atoms with Crippen molar-refractivity contribution in [1.29, 1.82) is 0 Å². The molecule has 22 heavy (non-hydrogen) atoms. The highest BCUT2D eigenvalue weighted by Gasteiger charge is 2.12. The number of aryl methyl sites for hydroxylation is 1. The Morgan fingerprint density at radius 1 is 1.32 bits per heavy atom. The molecule has 1 aromatic carbocycles. The van der Waals surface area contributed by atoms with Crippen LogP contribution in [0.25, 0.3) is 0 Å². The molecule has 1 amide bonds. The van der Waals surface area contributed by atoms with E-state index >= 15 is 0 Å². The lowest BCUT2D eigenvalue weighted by atomic mass is 10.1. The Hall–Kier alpha value is -3.09. The van der Waals surface area contributed by atoms with Crippen LogP contribution in [0, 0.1) is 17.0 Å². The largest absolute Gasteiger partial charge is 0.272 e. The zero-order valence-corrected chi connectivity index (χ0v) is 12.1. The molecule has 0 atom stereocenters. The molecule has 0 bridgehead atoms. The smallest absolute Gasteiger partial charge is 0.267 e. The number of hydrogen-bond donors (Lipinski definition) is 1. The van der Waals surface area contributed by atoms with E-state index in [2.05, 4.69) is 15.5 Å². The summed E-state index contributed by atoms with van der Waals surface area (Å²) in [7, 11) is 0. The number of rotatable bonds is 4. The van der Waals surface area contributed by atoms with E-state index in [1.54, 1.807) is 44.3 Å². The molecule has 0 aliphatic carbocycles. The molecule has 2 aromatic rings. The topological polar surface area (TPSA) is 97.5 Å². The van der Waals surface area contributed by atoms with Gasteiger partial charge >= 0.3 is 0 Å². The van der Waals surface area contributed by atoms with Gasteiger partial charge in [0.25, 0.3) is 11.6 Å². The lowest BCUT2D eigenvalue weighted by Crippen LogP contribution is -2.19. The van der Waals surface area contributed by atoms with Gasteiger partial charge in [-0.15, -0.1) is 0 Å². The summed E-state index contributed by atoms with van der Waals surface area (Å²) in [6.45, 7) is 3.33. The van der Waals surface area contributed by atoms with Crippen molar-refractivity contribution in [3.63, 3.8) is 0 Å². The fourth-order valence-corrected chi connectivity index (χ4v) is 1.79. The summed E-state index contributed by atoms with van der Waals surface area (Å²) in [5, 5.41) is 14.9. The Kier molecular flexibility index (Phi) is 4.57. The maximum atomic E-state index is 11.8. The average molecular weight is 298 g/mol. The standard InChI is InChI=1S/C15H14N4O3/c1-10-5-6-12(8-14(10)19(21)22)11(2)17-18-15(20)13-4-3-7-16-9-13/h3-9H,1-2H3,(H,18,20)/b17-11+. The van der Waals surface area contributed by atoms with Crippen molar-refractivity contribution in [1.82, 2.24) is 10.4 Å². The third-order valence-corrected chi connectivity index (χ3v) is 3.07. The SMILES string of the molecule is C/C(=N\NC(=O)c1cccnc1)c1ccc(C)c([N+](=O)[O-])c1. The number of hydrogen-bond acceptors (Lipinski definition) is 5. The van der Waals surface area contributed by atoms with Gasteiger partial charge in [-0.25, -0.2) is 5.43 Å². The molecule has 0 fully saturated rings. The van der Waals surface area contributed by atoms with Gasteiger partial charge in [-0.3, -0.25) is 19.9 Å². The molecule has 1 aromatic heterocycles. The fraction of sp³-hybridized carbons (Fsp3) is 0.133. The van der Waals surface area contributed by atoms with Crippen LogP contribution in [0.15, 0.2) is 47.8 Å². The molecule has 112 valence electrons. The van der Waals surface area contributed by atoms with Crippen molar-refractivity contribution in [2.45, 2.75) is 13.8 Å². The zero-order valence-electron chi connectivity index (χ0n) is 12.1. The average Bonchev–Trinajstić information content (AvgIpc) is 2.53. The van der Waals surface area contributed by atoms with Crippen LogP contribution in [0.4, 0.5) is 5.69 Å². The Bertz CT molecular complexity index is 742. The molecule has 1 N–H and O–H groups in total. The van der Waals surface area contributed by atoms with Gasteiger partial charge in [0, 0.05) is 29.6 Å². The molecule has 0 spiro atoms. The van der Waals surface area contributed by atoms with E-state index in [1.807, 2.05) is 0 Å². The Labute approximate surface area is 126 Å². The summed E-state index contributed by atoms with van der Waals surface area (Å²) in [5.41, 5.74) is 4.42. The summed E-state index contributed by atoms with van der Waals surface area (Å²) in [6, 6.07) is 8.07. The third kappa shape index (κ3) is 3.51. The van der Waals surface area contributed by atoms with Crippen LogP contribution in [-0.4, -0.2) is 21.5 Å². The van der Waals surface area contributed by atoms with Gasteiger partial charge in [0.1, 0.15) is 0 Å². The van der Waals surface area contributed by atoms with Crippen LogP contribution >= 0.6 is 0 Å². The van der Waals surface area contributed by atoms with E-state index in [1.165, 1.54) is 12.3 Å². The Morgan fingerprint density at radius 3 is 2.73 bits per heavy atom. The van der Waals surface area contributed by atoms with Crippen LogP contribution in [-0.2, 0) is 0 Å². The van der Waals surface area contributed by atoms with Gasteiger partial charge in [-0.1, -0.05) is 12.1 Å². The first kappa shape index (κ1) is 15.3. The molecule has 0 unspecified atom stereocenters. The van der Waals surface area contributed by atoms with E-state index < -0.39 is 10.8 Å². The number of benzene rings is 1. The van der Waals surface area contributed by atoms with Gasteiger partial charge in [-0.2, -0.15) is 5.10 Å². The van der Waals surface area contributed by atoms with Gasteiger partial charge in [0.2, 0.25) is 0 Å². The van der Waals surface area contributed by atoms with Gasteiger partial charge < -0.3 is 0 Å². The van der Waals surface area contributed by atoms with Crippen molar-refractivity contribution < 1.29 is 9.72 Å². The van der Waals surface area contributed by atoms with Gasteiger partial charge in [0.05, 0.1) is 16.2 Å². The molecular formula is C15H14N4O3. The molecular weight excluding hydrogens is 284 g/mol. The number of nitrogens with zero attached hydrogens (tertiary/aromatic N) is 3. The minimum absolute atomic E-state index is 0.0191. The highest BCUT2D eigenvalue weighted by molar-refractivity contribution is 6.01. The molecule has 1 heterocycles. The minimum atomic E-state index is -0.444. The van der Waals surface area contributed by atoms with E-state index in [-0.39, 0.29) is 5.69 Å². The quantitative estimate of drug-likeness (QED) is 0.532. The summed E-state index contributed by atoms with van der Waals surface area (Å²) in [4.78, 5) is 26.2.